The molecular weight excluding hydrogens is 406 g/mol. The quantitative estimate of drug-likeness (QED) is 0.526. The molecule has 0 bridgehead atoms. The van der Waals surface area contributed by atoms with Gasteiger partial charge in [0.1, 0.15) is 11.7 Å². The summed E-state index contributed by atoms with van der Waals surface area (Å²) in [7, 11) is 3.35. The minimum Gasteiger partial charge on any atom is -0.493 e. The summed E-state index contributed by atoms with van der Waals surface area (Å²) in [5, 5.41) is 0. The van der Waals surface area contributed by atoms with Crippen molar-refractivity contribution in [2.24, 2.45) is 23.2 Å². The Morgan fingerprint density at radius 3 is 2.69 bits per heavy atom. The van der Waals surface area contributed by atoms with Gasteiger partial charge in [-0.1, -0.05) is 20.3 Å². The third-order valence-corrected chi connectivity index (χ3v) is 9.45. The predicted octanol–water partition coefficient (Wildman–Crippen LogP) is 3.59. The molecule has 32 heavy (non-hydrogen) atoms. The van der Waals surface area contributed by atoms with Gasteiger partial charge in [0.15, 0.2) is 11.5 Å². The van der Waals surface area contributed by atoms with Crippen molar-refractivity contribution in [1.82, 2.24) is 4.90 Å². The summed E-state index contributed by atoms with van der Waals surface area (Å²) in [5.41, 5.74) is 2.68. The van der Waals surface area contributed by atoms with Crippen LogP contribution in [-0.4, -0.2) is 56.0 Å². The van der Waals surface area contributed by atoms with Gasteiger partial charge in [-0.25, -0.2) is 0 Å². The molecular formula is C26H35NO5. The van der Waals surface area contributed by atoms with Gasteiger partial charge in [0.2, 0.25) is 0 Å². The minimum atomic E-state index is -0.0928. The van der Waals surface area contributed by atoms with Crippen LogP contribution in [0.4, 0.5) is 0 Å². The number of benzene rings is 1. The van der Waals surface area contributed by atoms with Crippen LogP contribution in [0.25, 0.3) is 0 Å². The zero-order chi connectivity index (χ0) is 22.3. The first-order valence-electron chi connectivity index (χ1n) is 12.2. The van der Waals surface area contributed by atoms with Crippen LogP contribution in [0, 0.1) is 23.2 Å². The molecule has 1 spiro atoms. The van der Waals surface area contributed by atoms with Crippen molar-refractivity contribution in [1.29, 1.82) is 0 Å². The molecule has 0 N–H and O–H groups in total. The second-order valence-electron chi connectivity index (χ2n) is 11.0. The first-order valence-corrected chi connectivity index (χ1v) is 12.2. The Morgan fingerprint density at radius 1 is 1.19 bits per heavy atom. The molecule has 3 heterocycles. The molecule has 7 atom stereocenters. The average Bonchev–Trinajstić information content (AvgIpc) is 3.47. The Morgan fingerprint density at radius 2 is 1.94 bits per heavy atom. The van der Waals surface area contributed by atoms with Crippen LogP contribution in [0.1, 0.15) is 50.7 Å². The van der Waals surface area contributed by atoms with Gasteiger partial charge in [-0.05, 0) is 54.9 Å². The lowest BCUT2D eigenvalue weighted by molar-refractivity contribution is -0.146. The van der Waals surface area contributed by atoms with Crippen LogP contribution < -0.4 is 9.47 Å². The highest BCUT2D eigenvalue weighted by Gasteiger charge is 2.78. The molecule has 6 nitrogen and oxygen atoms in total. The van der Waals surface area contributed by atoms with Crippen LogP contribution >= 0.6 is 0 Å². The zero-order valence-corrected chi connectivity index (χ0v) is 19.7. The van der Waals surface area contributed by atoms with E-state index in [2.05, 4.69) is 30.9 Å². The van der Waals surface area contributed by atoms with E-state index in [1.165, 1.54) is 30.4 Å². The lowest BCUT2D eigenvalue weighted by atomic mass is 9.53. The van der Waals surface area contributed by atoms with E-state index in [9.17, 15) is 4.79 Å². The van der Waals surface area contributed by atoms with Crippen molar-refractivity contribution in [3.05, 3.63) is 23.3 Å². The second-order valence-corrected chi connectivity index (χ2v) is 11.0. The van der Waals surface area contributed by atoms with Gasteiger partial charge in [0.25, 0.3) is 0 Å². The van der Waals surface area contributed by atoms with E-state index in [-0.39, 0.29) is 41.0 Å². The Balaban J connectivity index is 1.22. The van der Waals surface area contributed by atoms with Gasteiger partial charge in [0, 0.05) is 31.0 Å². The molecule has 6 heteroatoms. The fourth-order valence-electron chi connectivity index (χ4n) is 7.82. The van der Waals surface area contributed by atoms with Crippen LogP contribution in [0.2, 0.25) is 0 Å². The number of hydrogen-bond donors (Lipinski definition) is 0. The lowest BCUT2D eigenvalue weighted by Gasteiger charge is -2.49. The monoisotopic (exact) mass is 441 g/mol. The average molecular weight is 442 g/mol. The highest BCUT2D eigenvalue weighted by Crippen LogP contribution is 2.70. The largest absolute Gasteiger partial charge is 0.493 e. The first-order chi connectivity index (χ1) is 15.4. The molecule has 2 saturated carbocycles. The summed E-state index contributed by atoms with van der Waals surface area (Å²) in [5.74, 6) is 2.20. The van der Waals surface area contributed by atoms with Crippen LogP contribution in [0.3, 0.4) is 0 Å². The molecule has 3 aliphatic heterocycles. The Labute approximate surface area is 190 Å². The summed E-state index contributed by atoms with van der Waals surface area (Å²) in [6.07, 6.45) is 5.78. The number of hydrogen-bond acceptors (Lipinski definition) is 6. The Kier molecular flexibility index (Phi) is 4.61. The van der Waals surface area contributed by atoms with Gasteiger partial charge in [-0.15, -0.1) is 0 Å². The number of epoxide rings is 1. The highest BCUT2D eigenvalue weighted by molar-refractivity contribution is 5.76. The molecule has 174 valence electrons. The summed E-state index contributed by atoms with van der Waals surface area (Å²) < 4.78 is 23.6. The van der Waals surface area contributed by atoms with Crippen molar-refractivity contribution >= 4 is 5.97 Å². The van der Waals surface area contributed by atoms with E-state index in [1.807, 2.05) is 0 Å². The van der Waals surface area contributed by atoms with Gasteiger partial charge in [0.05, 0.1) is 26.2 Å². The topological polar surface area (TPSA) is 60.5 Å². The number of carbonyl (C=O) groups is 1. The molecule has 5 aliphatic rings. The van der Waals surface area contributed by atoms with E-state index in [1.54, 1.807) is 14.2 Å². The second kappa shape index (κ2) is 7.10. The van der Waals surface area contributed by atoms with E-state index in [0.717, 1.165) is 44.0 Å². The number of rotatable bonds is 4. The van der Waals surface area contributed by atoms with Crippen LogP contribution in [0.15, 0.2) is 12.1 Å². The molecule has 6 rings (SSSR count). The van der Waals surface area contributed by atoms with E-state index in [0.29, 0.717) is 5.92 Å². The van der Waals surface area contributed by atoms with Gasteiger partial charge in [-0.2, -0.15) is 0 Å². The van der Waals surface area contributed by atoms with Gasteiger partial charge >= 0.3 is 5.97 Å². The Hall–Kier alpha value is -1.79. The van der Waals surface area contributed by atoms with Crippen molar-refractivity contribution < 1.29 is 23.7 Å². The summed E-state index contributed by atoms with van der Waals surface area (Å²) in [6, 6.07) is 4.18. The molecule has 1 aromatic carbocycles. The highest BCUT2D eigenvalue weighted by atomic mass is 16.6. The van der Waals surface area contributed by atoms with Crippen LogP contribution in [-0.2, 0) is 27.2 Å². The first kappa shape index (κ1) is 20.8. The molecule has 0 aromatic heterocycles. The fraction of sp³-hybridized carbons (Fsp3) is 0.731. The molecule has 0 radical (unpaired) electrons. The van der Waals surface area contributed by atoms with Crippen molar-refractivity contribution in [2.45, 2.75) is 70.3 Å². The number of methoxy groups -OCH3 is 2. The summed E-state index contributed by atoms with van der Waals surface area (Å²) >= 11 is 0. The number of ether oxygens (including phenoxy) is 4. The molecule has 2 saturated heterocycles. The predicted molar refractivity (Wildman–Crippen MR) is 119 cm³/mol. The third kappa shape index (κ3) is 2.75. The third-order valence-electron chi connectivity index (χ3n) is 9.45. The smallest absolute Gasteiger partial charge is 0.311 e. The zero-order valence-electron chi connectivity index (χ0n) is 19.7. The maximum absolute atomic E-state index is 13.1. The number of carbonyl (C=O) groups excluding carboxylic acids is 1. The van der Waals surface area contributed by atoms with E-state index >= 15 is 0 Å². The van der Waals surface area contributed by atoms with E-state index in [4.69, 9.17) is 18.9 Å². The number of fused-ring (bicyclic) bond motifs is 3. The van der Waals surface area contributed by atoms with Crippen molar-refractivity contribution in [3.63, 3.8) is 0 Å². The molecule has 2 aliphatic carbocycles. The summed E-state index contributed by atoms with van der Waals surface area (Å²) in [4.78, 5) is 15.5. The van der Waals surface area contributed by atoms with Crippen molar-refractivity contribution in [2.75, 3.05) is 27.3 Å². The minimum absolute atomic E-state index is 0.0151. The van der Waals surface area contributed by atoms with Gasteiger partial charge in [-0.3, -0.25) is 9.69 Å². The molecule has 1 aromatic rings. The van der Waals surface area contributed by atoms with Crippen molar-refractivity contribution in [3.8, 4) is 11.5 Å². The van der Waals surface area contributed by atoms with Gasteiger partial charge < -0.3 is 18.9 Å². The number of nitrogens with zero attached hydrogens (tertiary/aromatic N) is 1. The SMILES string of the molecule is COc1cc2c(cc1OC)CN(C[C@H]1C(=O)O[C@@H]3C[C@@]4(C)CCC[C@H](C)[C@@]45O[C@H]5[C@@H]31)CC2. The van der Waals surface area contributed by atoms with Crippen LogP contribution in [0.5, 0.6) is 11.5 Å². The molecule has 0 amide bonds. The normalized spacial score (nSPS) is 42.2. The fourth-order valence-corrected chi connectivity index (χ4v) is 7.82. The number of esters is 1. The maximum Gasteiger partial charge on any atom is 0.311 e. The molecule has 0 unspecified atom stereocenters. The summed E-state index contributed by atoms with van der Waals surface area (Å²) in [6.45, 7) is 7.24. The van der Waals surface area contributed by atoms with E-state index < -0.39 is 0 Å². The lowest BCUT2D eigenvalue weighted by Crippen LogP contribution is -2.54. The Bertz CT molecular complexity index is 948. The standard InChI is InChI=1S/C26H35NO5/c1-15-6-5-8-25(2)12-21-22(23-26(15,25)32-23)18(24(28)31-21)14-27-9-7-16-10-19(29-3)20(30-4)11-17(16)13-27/h10-11,15,18,21-23H,5-9,12-14H2,1-4H3/t15-,18+,21+,22+,23-,25+,26-/m0/s1. The maximum atomic E-state index is 13.1. The molecule has 4 fully saturated rings.